The van der Waals surface area contributed by atoms with Crippen molar-refractivity contribution >= 4 is 18.1 Å². The normalized spacial score (nSPS) is 11.6. The van der Waals surface area contributed by atoms with Gasteiger partial charge in [-0.1, -0.05) is 54.6 Å². The molecule has 1 atom stereocenters. The average Bonchev–Trinajstić information content (AvgIpc) is 2.70. The lowest BCUT2D eigenvalue weighted by Crippen LogP contribution is -2.40. The van der Waals surface area contributed by atoms with Crippen LogP contribution in [0.15, 0.2) is 60.7 Å². The van der Waals surface area contributed by atoms with Crippen molar-refractivity contribution in [1.82, 2.24) is 5.32 Å². The molecule has 0 aliphatic heterocycles. The highest BCUT2D eigenvalue weighted by Crippen LogP contribution is 2.12. The average molecular weight is 355 g/mol. The van der Waals surface area contributed by atoms with Gasteiger partial charge in [-0.3, -0.25) is 0 Å². The third-order valence-electron chi connectivity index (χ3n) is 3.54. The Hall–Kier alpha value is -3.28. The Morgan fingerprint density at radius 2 is 1.73 bits per heavy atom. The maximum Gasteiger partial charge on any atom is 0.408 e. The molecule has 0 aromatic heterocycles. The fourth-order valence-corrected chi connectivity index (χ4v) is 2.13. The first-order valence-electron chi connectivity index (χ1n) is 7.99. The lowest BCUT2D eigenvalue weighted by Gasteiger charge is -2.13. The van der Waals surface area contributed by atoms with Gasteiger partial charge >= 0.3 is 12.1 Å². The molecule has 0 aliphatic carbocycles. The van der Waals surface area contributed by atoms with E-state index in [1.807, 2.05) is 42.5 Å². The monoisotopic (exact) mass is 355 g/mol. The second kappa shape index (κ2) is 9.88. The van der Waals surface area contributed by atoms with Crippen LogP contribution in [-0.4, -0.2) is 32.3 Å². The number of nitrogens with one attached hydrogen (secondary N) is 1. The first-order chi connectivity index (χ1) is 12.6. The molecule has 0 fully saturated rings. The molecule has 0 aliphatic rings. The first kappa shape index (κ1) is 19.1. The van der Waals surface area contributed by atoms with Crippen molar-refractivity contribution in [1.29, 1.82) is 0 Å². The van der Waals surface area contributed by atoms with Crippen LogP contribution < -0.4 is 10.1 Å². The van der Waals surface area contributed by atoms with Crippen molar-refractivity contribution < 1.29 is 23.8 Å². The van der Waals surface area contributed by atoms with Gasteiger partial charge in [-0.25, -0.2) is 9.59 Å². The Morgan fingerprint density at radius 1 is 1.04 bits per heavy atom. The lowest BCUT2D eigenvalue weighted by atomic mass is 10.1. The Bertz CT molecular complexity index is 741. The van der Waals surface area contributed by atoms with Crippen LogP contribution >= 0.6 is 0 Å². The summed E-state index contributed by atoms with van der Waals surface area (Å²) in [4.78, 5) is 23.8. The highest BCUT2D eigenvalue weighted by atomic mass is 16.6. The van der Waals surface area contributed by atoms with Crippen molar-refractivity contribution in [2.24, 2.45) is 0 Å². The van der Waals surface area contributed by atoms with E-state index >= 15 is 0 Å². The van der Waals surface area contributed by atoms with Crippen LogP contribution in [0.1, 0.15) is 11.1 Å². The topological polar surface area (TPSA) is 73.9 Å². The van der Waals surface area contributed by atoms with E-state index in [0.29, 0.717) is 0 Å². The Kier molecular flexibility index (Phi) is 7.24. The van der Waals surface area contributed by atoms with Gasteiger partial charge in [0.2, 0.25) is 0 Å². The highest BCUT2D eigenvalue weighted by molar-refractivity contribution is 5.84. The summed E-state index contributed by atoms with van der Waals surface area (Å²) in [6, 6.07) is 15.6. The summed E-state index contributed by atoms with van der Waals surface area (Å²) in [6.45, 7) is 0.114. The van der Waals surface area contributed by atoms with Crippen molar-refractivity contribution in [2.45, 2.75) is 12.6 Å². The molecule has 0 heterocycles. The SMILES string of the molecule is COC(=O)[C@H](/C=C/c1ccc(OC)cc1)NC(=O)OCc1ccccc1. The van der Waals surface area contributed by atoms with Gasteiger partial charge < -0.3 is 19.5 Å². The number of methoxy groups -OCH3 is 2. The summed E-state index contributed by atoms with van der Waals surface area (Å²) in [5.41, 5.74) is 1.70. The number of rotatable bonds is 7. The Balaban J connectivity index is 1.96. The number of carbonyl (C=O) groups excluding carboxylic acids is 2. The predicted molar refractivity (Wildman–Crippen MR) is 97.6 cm³/mol. The van der Waals surface area contributed by atoms with Crippen LogP contribution in [0.2, 0.25) is 0 Å². The molecule has 1 N–H and O–H groups in total. The molecule has 2 aromatic carbocycles. The van der Waals surface area contributed by atoms with Crippen molar-refractivity contribution in [3.05, 3.63) is 71.8 Å². The highest BCUT2D eigenvalue weighted by Gasteiger charge is 2.19. The number of alkyl carbamates (subject to hydrolysis) is 1. The summed E-state index contributed by atoms with van der Waals surface area (Å²) in [5, 5.41) is 2.48. The van der Waals surface area contributed by atoms with Gasteiger partial charge in [0.1, 0.15) is 18.4 Å². The fraction of sp³-hybridized carbons (Fsp3) is 0.200. The van der Waals surface area contributed by atoms with Gasteiger partial charge in [-0.2, -0.15) is 0 Å². The summed E-state index contributed by atoms with van der Waals surface area (Å²) < 4.78 is 14.9. The molecule has 2 rings (SSSR count). The second-order valence-electron chi connectivity index (χ2n) is 5.34. The number of amides is 1. The van der Waals surface area contributed by atoms with E-state index in [2.05, 4.69) is 5.32 Å². The van der Waals surface area contributed by atoms with E-state index in [1.54, 1.807) is 25.3 Å². The zero-order valence-corrected chi connectivity index (χ0v) is 14.7. The fourth-order valence-electron chi connectivity index (χ4n) is 2.13. The Labute approximate surface area is 152 Å². The van der Waals surface area contributed by atoms with Gasteiger partial charge in [-0.15, -0.1) is 0 Å². The molecular formula is C20H21NO5. The summed E-state index contributed by atoms with van der Waals surface area (Å²) in [5.74, 6) is 0.140. The van der Waals surface area contributed by atoms with Crippen molar-refractivity contribution in [3.8, 4) is 5.75 Å². The van der Waals surface area contributed by atoms with Crippen LogP contribution in [0.25, 0.3) is 6.08 Å². The number of esters is 1. The lowest BCUT2D eigenvalue weighted by molar-refractivity contribution is -0.141. The molecule has 0 saturated carbocycles. The van der Waals surface area contributed by atoms with Gasteiger partial charge in [0.05, 0.1) is 14.2 Å². The molecule has 0 saturated heterocycles. The minimum absolute atomic E-state index is 0.114. The largest absolute Gasteiger partial charge is 0.497 e. The molecular weight excluding hydrogens is 334 g/mol. The quantitative estimate of drug-likeness (QED) is 0.772. The van der Waals surface area contributed by atoms with Crippen LogP contribution in [0.3, 0.4) is 0 Å². The van der Waals surface area contributed by atoms with E-state index in [0.717, 1.165) is 16.9 Å². The van der Waals surface area contributed by atoms with E-state index in [4.69, 9.17) is 14.2 Å². The molecule has 1 amide bonds. The van der Waals surface area contributed by atoms with E-state index in [1.165, 1.54) is 13.2 Å². The molecule has 6 nitrogen and oxygen atoms in total. The van der Waals surface area contributed by atoms with Gasteiger partial charge in [0, 0.05) is 0 Å². The zero-order chi connectivity index (χ0) is 18.8. The third kappa shape index (κ3) is 5.98. The Morgan fingerprint density at radius 3 is 2.35 bits per heavy atom. The second-order valence-corrected chi connectivity index (χ2v) is 5.34. The molecule has 2 aromatic rings. The maximum absolute atomic E-state index is 12.0. The van der Waals surface area contributed by atoms with Gasteiger partial charge in [0.25, 0.3) is 0 Å². The van der Waals surface area contributed by atoms with E-state index < -0.39 is 18.1 Å². The summed E-state index contributed by atoms with van der Waals surface area (Å²) in [6.07, 6.45) is 2.54. The molecule has 0 spiro atoms. The maximum atomic E-state index is 12.0. The molecule has 0 radical (unpaired) electrons. The molecule has 6 heteroatoms. The van der Waals surface area contributed by atoms with E-state index in [-0.39, 0.29) is 6.61 Å². The van der Waals surface area contributed by atoms with Gasteiger partial charge in [-0.05, 0) is 23.3 Å². The summed E-state index contributed by atoms with van der Waals surface area (Å²) >= 11 is 0. The van der Waals surface area contributed by atoms with Crippen molar-refractivity contribution in [3.63, 3.8) is 0 Å². The predicted octanol–water partition coefficient (Wildman–Crippen LogP) is 3.18. The molecule has 136 valence electrons. The number of ether oxygens (including phenoxy) is 3. The number of hydrogen-bond acceptors (Lipinski definition) is 5. The van der Waals surface area contributed by atoms with Crippen LogP contribution in [0, 0.1) is 0 Å². The zero-order valence-electron chi connectivity index (χ0n) is 14.7. The standard InChI is InChI=1S/C20H21NO5/c1-24-17-11-8-15(9-12-17)10-13-18(19(22)25-2)21-20(23)26-14-16-6-4-3-5-7-16/h3-13,18H,14H2,1-2H3,(H,21,23)/b13-10+/t18-/m0/s1. The summed E-state index contributed by atoms with van der Waals surface area (Å²) in [7, 11) is 2.84. The van der Waals surface area contributed by atoms with Crippen LogP contribution in [-0.2, 0) is 20.9 Å². The number of carbonyl (C=O) groups is 2. The minimum Gasteiger partial charge on any atom is -0.497 e. The first-order valence-corrected chi connectivity index (χ1v) is 7.99. The molecule has 0 bridgehead atoms. The van der Waals surface area contributed by atoms with E-state index in [9.17, 15) is 9.59 Å². The number of benzene rings is 2. The number of hydrogen-bond donors (Lipinski definition) is 1. The smallest absolute Gasteiger partial charge is 0.408 e. The molecule has 26 heavy (non-hydrogen) atoms. The molecule has 0 unspecified atom stereocenters. The van der Waals surface area contributed by atoms with Crippen LogP contribution in [0.5, 0.6) is 5.75 Å². The third-order valence-corrected chi connectivity index (χ3v) is 3.54. The minimum atomic E-state index is -0.953. The van der Waals surface area contributed by atoms with Crippen molar-refractivity contribution in [2.75, 3.05) is 14.2 Å². The van der Waals surface area contributed by atoms with Crippen LogP contribution in [0.4, 0.5) is 4.79 Å². The van der Waals surface area contributed by atoms with Gasteiger partial charge in [0.15, 0.2) is 0 Å².